The number of anilines is 2. The summed E-state index contributed by atoms with van der Waals surface area (Å²) in [7, 11) is 0. The molecule has 0 radical (unpaired) electrons. The van der Waals surface area contributed by atoms with Crippen LogP contribution in [-0.4, -0.2) is 19.1 Å². The molecule has 0 spiro atoms. The van der Waals surface area contributed by atoms with Crippen LogP contribution in [0.15, 0.2) is 60.7 Å². The number of halogens is 2. The van der Waals surface area contributed by atoms with Crippen molar-refractivity contribution in [1.82, 2.24) is 0 Å². The Morgan fingerprint density at radius 1 is 0.935 bits per heavy atom. The second-order valence-corrected chi connectivity index (χ2v) is 7.74. The first-order chi connectivity index (χ1) is 14.9. The quantitative estimate of drug-likeness (QED) is 0.393. The molecule has 162 valence electrons. The normalized spacial score (nSPS) is 10.5. The van der Waals surface area contributed by atoms with Gasteiger partial charge in [0.25, 0.3) is 5.91 Å². The Bertz CT molecular complexity index is 1020. The summed E-state index contributed by atoms with van der Waals surface area (Å²) in [6.07, 6.45) is 0. The summed E-state index contributed by atoms with van der Waals surface area (Å²) in [5, 5.41) is 7.16. The molecule has 5 nitrogen and oxygen atoms in total. The van der Waals surface area contributed by atoms with E-state index in [2.05, 4.69) is 10.6 Å². The molecule has 0 aliphatic carbocycles. The van der Waals surface area contributed by atoms with Gasteiger partial charge in [-0.2, -0.15) is 0 Å². The predicted molar refractivity (Wildman–Crippen MR) is 127 cm³/mol. The number of rotatable bonds is 9. The predicted octanol–water partition coefficient (Wildman–Crippen LogP) is 6.33. The van der Waals surface area contributed by atoms with Crippen LogP contribution in [0.4, 0.5) is 11.4 Å². The van der Waals surface area contributed by atoms with E-state index in [9.17, 15) is 4.79 Å². The molecule has 0 saturated carbocycles. The van der Waals surface area contributed by atoms with Gasteiger partial charge in [-0.1, -0.05) is 40.9 Å². The molecule has 7 heteroatoms. The Morgan fingerprint density at radius 3 is 2.29 bits per heavy atom. The lowest BCUT2D eigenvalue weighted by atomic mass is 10.2. The van der Waals surface area contributed by atoms with Gasteiger partial charge in [0, 0.05) is 22.9 Å². The smallest absolute Gasteiger partial charge is 0.262 e. The number of ether oxygens (including phenoxy) is 2. The zero-order chi connectivity index (χ0) is 22.2. The van der Waals surface area contributed by atoms with Crippen LogP contribution in [0, 0.1) is 6.92 Å². The van der Waals surface area contributed by atoms with E-state index in [0.717, 1.165) is 16.8 Å². The first-order valence-electron chi connectivity index (χ1n) is 9.88. The van der Waals surface area contributed by atoms with Crippen molar-refractivity contribution >= 4 is 40.5 Å². The van der Waals surface area contributed by atoms with E-state index < -0.39 is 0 Å². The highest BCUT2D eigenvalue weighted by Gasteiger charge is 2.15. The van der Waals surface area contributed by atoms with Crippen LogP contribution in [0.3, 0.4) is 0 Å². The minimum atomic E-state index is -0.282. The number of nitrogens with one attached hydrogen (secondary N) is 2. The second-order valence-electron chi connectivity index (χ2n) is 6.90. The summed E-state index contributed by atoms with van der Waals surface area (Å²) in [5.41, 5.74) is 3.68. The third-order valence-corrected chi connectivity index (χ3v) is 4.93. The van der Waals surface area contributed by atoms with E-state index in [4.69, 9.17) is 32.7 Å². The Morgan fingerprint density at radius 2 is 1.61 bits per heavy atom. The molecule has 3 rings (SSSR count). The van der Waals surface area contributed by atoms with Crippen molar-refractivity contribution in [3.8, 4) is 11.5 Å². The van der Waals surface area contributed by atoms with Crippen molar-refractivity contribution in [2.45, 2.75) is 20.4 Å². The molecule has 0 bridgehead atoms. The van der Waals surface area contributed by atoms with E-state index in [1.165, 1.54) is 0 Å². The SMILES string of the molecule is CCOc1cc(CNc2ccc(Cl)cc2)cc(Cl)c1OCC(=O)Nc1ccc(C)cc1. The number of aryl methyl sites for hydroxylation is 1. The fourth-order valence-corrected chi connectivity index (χ4v) is 3.28. The summed E-state index contributed by atoms with van der Waals surface area (Å²) < 4.78 is 11.4. The zero-order valence-electron chi connectivity index (χ0n) is 17.4. The summed E-state index contributed by atoms with van der Waals surface area (Å²) in [4.78, 5) is 12.3. The number of carbonyl (C=O) groups excluding carboxylic acids is 1. The summed E-state index contributed by atoms with van der Waals surface area (Å²) in [5.74, 6) is 0.555. The zero-order valence-corrected chi connectivity index (χ0v) is 18.9. The maximum atomic E-state index is 12.3. The third-order valence-electron chi connectivity index (χ3n) is 4.39. The molecule has 2 N–H and O–H groups in total. The minimum Gasteiger partial charge on any atom is -0.490 e. The fraction of sp³-hybridized carbons (Fsp3) is 0.208. The van der Waals surface area contributed by atoms with Gasteiger partial charge in [-0.25, -0.2) is 0 Å². The molecule has 3 aromatic rings. The topological polar surface area (TPSA) is 59.6 Å². The molecule has 0 aliphatic heterocycles. The number of amides is 1. The number of carbonyl (C=O) groups is 1. The summed E-state index contributed by atoms with van der Waals surface area (Å²) in [6.45, 7) is 4.66. The third kappa shape index (κ3) is 6.81. The van der Waals surface area contributed by atoms with Gasteiger partial charge in [0.15, 0.2) is 18.1 Å². The van der Waals surface area contributed by atoms with Crippen molar-refractivity contribution in [1.29, 1.82) is 0 Å². The molecule has 0 atom stereocenters. The number of hydrogen-bond donors (Lipinski definition) is 2. The van der Waals surface area contributed by atoms with Crippen LogP contribution < -0.4 is 20.1 Å². The standard InChI is InChI=1S/C24H24Cl2N2O3/c1-3-30-22-13-17(14-27-19-10-6-18(25)7-11-19)12-21(26)24(22)31-15-23(29)28-20-8-4-16(2)5-9-20/h4-13,27H,3,14-15H2,1-2H3,(H,28,29). The molecule has 31 heavy (non-hydrogen) atoms. The van der Waals surface area contributed by atoms with Crippen LogP contribution in [0.5, 0.6) is 11.5 Å². The maximum absolute atomic E-state index is 12.3. The van der Waals surface area contributed by atoms with Crippen molar-refractivity contribution in [2.75, 3.05) is 23.8 Å². The van der Waals surface area contributed by atoms with E-state index >= 15 is 0 Å². The lowest BCUT2D eigenvalue weighted by molar-refractivity contribution is -0.118. The maximum Gasteiger partial charge on any atom is 0.262 e. The monoisotopic (exact) mass is 458 g/mol. The van der Waals surface area contributed by atoms with Gasteiger partial charge >= 0.3 is 0 Å². The molecule has 0 saturated heterocycles. The van der Waals surface area contributed by atoms with Crippen LogP contribution in [0.25, 0.3) is 0 Å². The Labute approximate surface area is 192 Å². The van der Waals surface area contributed by atoms with Gasteiger partial charge < -0.3 is 20.1 Å². The molecular weight excluding hydrogens is 435 g/mol. The van der Waals surface area contributed by atoms with E-state index in [0.29, 0.717) is 40.4 Å². The van der Waals surface area contributed by atoms with Gasteiger partial charge in [-0.15, -0.1) is 0 Å². The Balaban J connectivity index is 1.65. The molecule has 1 amide bonds. The Hall–Kier alpha value is -2.89. The number of hydrogen-bond acceptors (Lipinski definition) is 4. The first kappa shape index (κ1) is 22.8. The molecule has 0 heterocycles. The summed E-state index contributed by atoms with van der Waals surface area (Å²) in [6, 6.07) is 18.6. The van der Waals surface area contributed by atoms with Crippen LogP contribution in [0.1, 0.15) is 18.1 Å². The molecule has 0 aromatic heterocycles. The molecule has 0 fully saturated rings. The number of benzene rings is 3. The van der Waals surface area contributed by atoms with Crippen molar-refractivity contribution in [3.05, 3.63) is 81.8 Å². The van der Waals surface area contributed by atoms with Gasteiger partial charge in [0.2, 0.25) is 0 Å². The average molecular weight is 459 g/mol. The highest BCUT2D eigenvalue weighted by molar-refractivity contribution is 6.32. The lowest BCUT2D eigenvalue weighted by Gasteiger charge is -2.16. The van der Waals surface area contributed by atoms with Gasteiger partial charge in [0.05, 0.1) is 11.6 Å². The van der Waals surface area contributed by atoms with Gasteiger partial charge in [-0.3, -0.25) is 4.79 Å². The van der Waals surface area contributed by atoms with Crippen LogP contribution in [0.2, 0.25) is 10.0 Å². The second kappa shape index (κ2) is 10.9. The molecule has 0 unspecified atom stereocenters. The van der Waals surface area contributed by atoms with Gasteiger partial charge in [0.1, 0.15) is 0 Å². The van der Waals surface area contributed by atoms with Crippen molar-refractivity contribution in [3.63, 3.8) is 0 Å². The lowest BCUT2D eigenvalue weighted by Crippen LogP contribution is -2.20. The van der Waals surface area contributed by atoms with Crippen LogP contribution >= 0.6 is 23.2 Å². The largest absolute Gasteiger partial charge is 0.490 e. The average Bonchev–Trinajstić information content (AvgIpc) is 2.74. The first-order valence-corrected chi connectivity index (χ1v) is 10.6. The summed E-state index contributed by atoms with van der Waals surface area (Å²) >= 11 is 12.4. The molecule has 3 aromatic carbocycles. The fourth-order valence-electron chi connectivity index (χ4n) is 2.87. The van der Waals surface area contributed by atoms with E-state index in [-0.39, 0.29) is 12.5 Å². The van der Waals surface area contributed by atoms with Crippen molar-refractivity contribution in [2.24, 2.45) is 0 Å². The highest BCUT2D eigenvalue weighted by Crippen LogP contribution is 2.37. The minimum absolute atomic E-state index is 0.184. The highest BCUT2D eigenvalue weighted by atomic mass is 35.5. The van der Waals surface area contributed by atoms with E-state index in [1.807, 2.05) is 68.4 Å². The van der Waals surface area contributed by atoms with Gasteiger partial charge in [-0.05, 0) is 67.9 Å². The van der Waals surface area contributed by atoms with Crippen LogP contribution in [-0.2, 0) is 11.3 Å². The van der Waals surface area contributed by atoms with E-state index in [1.54, 1.807) is 6.07 Å². The Kier molecular flexibility index (Phi) is 8.04. The van der Waals surface area contributed by atoms with Crippen molar-refractivity contribution < 1.29 is 14.3 Å². The molecular formula is C24H24Cl2N2O3. The molecule has 0 aliphatic rings.